The molecule has 1 aromatic carbocycles. The molecule has 1 N–H and O–H groups in total. The molecule has 4 nitrogen and oxygen atoms in total. The lowest BCUT2D eigenvalue weighted by Crippen LogP contribution is -2.47. The Morgan fingerprint density at radius 1 is 1.29 bits per heavy atom. The molecule has 1 atom stereocenters. The Balaban J connectivity index is 1.44. The lowest BCUT2D eigenvalue weighted by Gasteiger charge is -2.36. The van der Waals surface area contributed by atoms with E-state index in [1.165, 1.54) is 31.2 Å². The van der Waals surface area contributed by atoms with Crippen molar-refractivity contribution in [3.63, 3.8) is 0 Å². The number of carbonyl (C=O) groups is 1. The van der Waals surface area contributed by atoms with Crippen LogP contribution < -0.4 is 5.32 Å². The molecule has 3 rings (SSSR count). The number of nitrogens with zero attached hydrogens (tertiary/aromatic N) is 1. The van der Waals surface area contributed by atoms with Crippen LogP contribution in [0.15, 0.2) is 18.2 Å². The Labute approximate surface area is 145 Å². The summed E-state index contributed by atoms with van der Waals surface area (Å²) in [6.07, 6.45) is 6.57. The predicted molar refractivity (Wildman–Crippen MR) is 96.4 cm³/mol. The maximum Gasteiger partial charge on any atom is 0.251 e. The predicted octanol–water partition coefficient (Wildman–Crippen LogP) is 3.07. The average Bonchev–Trinajstić information content (AvgIpc) is 3.09. The fourth-order valence-electron chi connectivity index (χ4n) is 4.03. The molecule has 0 radical (unpaired) electrons. The molecule has 0 unspecified atom stereocenters. The number of aryl methyl sites for hydroxylation is 2. The fourth-order valence-corrected chi connectivity index (χ4v) is 4.03. The summed E-state index contributed by atoms with van der Waals surface area (Å²) in [5, 5.41) is 3.05. The first-order valence-electron chi connectivity index (χ1n) is 9.34. The number of ether oxygens (including phenoxy) is 1. The summed E-state index contributed by atoms with van der Waals surface area (Å²) in [5.74, 6) is 0.0240. The SMILES string of the molecule is Cc1ccc(C(=O)NCC[C@H]2CN(C3CCCC3)CCO2)c(C)c1. The zero-order chi connectivity index (χ0) is 16.9. The number of hydrogen-bond donors (Lipinski definition) is 1. The zero-order valence-corrected chi connectivity index (χ0v) is 15.0. The number of carbonyl (C=O) groups excluding carboxylic acids is 1. The standard InChI is InChI=1S/C20H30N2O2/c1-15-7-8-19(16(2)13-15)20(23)21-10-9-18-14-22(11-12-24-18)17-5-3-4-6-17/h7-8,13,17-18H,3-6,9-12,14H2,1-2H3,(H,21,23)/t18-/m0/s1. The molecule has 1 aliphatic heterocycles. The number of hydrogen-bond acceptors (Lipinski definition) is 3. The van der Waals surface area contributed by atoms with E-state index in [-0.39, 0.29) is 12.0 Å². The van der Waals surface area contributed by atoms with E-state index in [0.29, 0.717) is 6.54 Å². The van der Waals surface area contributed by atoms with Gasteiger partial charge in [0, 0.05) is 31.2 Å². The first-order chi connectivity index (χ1) is 11.6. The topological polar surface area (TPSA) is 41.6 Å². The second kappa shape index (κ2) is 8.13. The van der Waals surface area contributed by atoms with Crippen molar-refractivity contribution in [1.29, 1.82) is 0 Å². The highest BCUT2D eigenvalue weighted by Gasteiger charge is 2.28. The zero-order valence-electron chi connectivity index (χ0n) is 15.0. The third kappa shape index (κ3) is 4.37. The summed E-state index contributed by atoms with van der Waals surface area (Å²) < 4.78 is 5.90. The minimum Gasteiger partial charge on any atom is -0.375 e. The van der Waals surface area contributed by atoms with Gasteiger partial charge in [-0.3, -0.25) is 9.69 Å². The van der Waals surface area contributed by atoms with E-state index < -0.39 is 0 Å². The molecule has 1 saturated carbocycles. The molecule has 24 heavy (non-hydrogen) atoms. The molecule has 1 amide bonds. The Morgan fingerprint density at radius 2 is 2.08 bits per heavy atom. The van der Waals surface area contributed by atoms with E-state index in [9.17, 15) is 4.79 Å². The highest BCUT2D eigenvalue weighted by atomic mass is 16.5. The van der Waals surface area contributed by atoms with Crippen molar-refractivity contribution in [2.45, 2.75) is 58.1 Å². The van der Waals surface area contributed by atoms with Crippen molar-refractivity contribution in [2.75, 3.05) is 26.2 Å². The second-order valence-corrected chi connectivity index (χ2v) is 7.29. The summed E-state index contributed by atoms with van der Waals surface area (Å²) in [7, 11) is 0. The Kier molecular flexibility index (Phi) is 5.90. The van der Waals surface area contributed by atoms with E-state index >= 15 is 0 Å². The van der Waals surface area contributed by atoms with Crippen LogP contribution in [-0.4, -0.2) is 49.2 Å². The van der Waals surface area contributed by atoms with Gasteiger partial charge in [0.1, 0.15) is 0 Å². The van der Waals surface area contributed by atoms with Crippen molar-refractivity contribution in [3.8, 4) is 0 Å². The fraction of sp³-hybridized carbons (Fsp3) is 0.650. The molecule has 4 heteroatoms. The average molecular weight is 330 g/mol. The molecule has 1 aromatic rings. The van der Waals surface area contributed by atoms with Gasteiger partial charge in [-0.1, -0.05) is 30.5 Å². The van der Waals surface area contributed by atoms with Gasteiger partial charge < -0.3 is 10.1 Å². The molecule has 0 spiro atoms. The van der Waals surface area contributed by atoms with Crippen LogP contribution in [0, 0.1) is 13.8 Å². The van der Waals surface area contributed by atoms with Crippen molar-refractivity contribution in [2.24, 2.45) is 0 Å². The largest absolute Gasteiger partial charge is 0.375 e. The third-order valence-electron chi connectivity index (χ3n) is 5.39. The molecule has 0 bridgehead atoms. The summed E-state index contributed by atoms with van der Waals surface area (Å²) >= 11 is 0. The van der Waals surface area contributed by atoms with E-state index in [0.717, 1.165) is 43.3 Å². The minimum atomic E-state index is 0.0240. The van der Waals surface area contributed by atoms with E-state index in [1.54, 1.807) is 0 Å². The number of nitrogens with one attached hydrogen (secondary N) is 1. The van der Waals surface area contributed by atoms with Crippen molar-refractivity contribution >= 4 is 5.91 Å². The van der Waals surface area contributed by atoms with E-state index in [1.807, 2.05) is 26.0 Å². The van der Waals surface area contributed by atoms with Crippen LogP contribution in [0.2, 0.25) is 0 Å². The Morgan fingerprint density at radius 3 is 2.83 bits per heavy atom. The van der Waals surface area contributed by atoms with Crippen LogP contribution in [0.4, 0.5) is 0 Å². The lowest BCUT2D eigenvalue weighted by atomic mass is 10.1. The van der Waals surface area contributed by atoms with Gasteiger partial charge >= 0.3 is 0 Å². The van der Waals surface area contributed by atoms with E-state index in [4.69, 9.17) is 4.74 Å². The van der Waals surface area contributed by atoms with Gasteiger partial charge in [0.25, 0.3) is 5.91 Å². The molecular weight excluding hydrogens is 300 g/mol. The monoisotopic (exact) mass is 330 g/mol. The van der Waals surface area contributed by atoms with Gasteiger partial charge in [0.2, 0.25) is 0 Å². The van der Waals surface area contributed by atoms with Crippen LogP contribution in [0.5, 0.6) is 0 Å². The summed E-state index contributed by atoms with van der Waals surface area (Å²) in [4.78, 5) is 14.9. The van der Waals surface area contributed by atoms with Crippen LogP contribution in [-0.2, 0) is 4.74 Å². The van der Waals surface area contributed by atoms with Gasteiger partial charge in [-0.2, -0.15) is 0 Å². The molecule has 1 heterocycles. The van der Waals surface area contributed by atoms with Crippen LogP contribution in [0.25, 0.3) is 0 Å². The van der Waals surface area contributed by atoms with Gasteiger partial charge in [-0.05, 0) is 44.7 Å². The third-order valence-corrected chi connectivity index (χ3v) is 5.39. The number of rotatable bonds is 5. The van der Waals surface area contributed by atoms with Crippen molar-refractivity contribution < 1.29 is 9.53 Å². The summed E-state index contributed by atoms with van der Waals surface area (Å²) in [6.45, 7) is 7.62. The lowest BCUT2D eigenvalue weighted by molar-refractivity contribution is -0.0449. The maximum atomic E-state index is 12.3. The number of amides is 1. The van der Waals surface area contributed by atoms with E-state index in [2.05, 4.69) is 16.3 Å². The van der Waals surface area contributed by atoms with Gasteiger partial charge in [-0.15, -0.1) is 0 Å². The summed E-state index contributed by atoms with van der Waals surface area (Å²) in [6, 6.07) is 6.73. The number of morpholine rings is 1. The molecule has 1 aliphatic carbocycles. The summed E-state index contributed by atoms with van der Waals surface area (Å²) in [5.41, 5.74) is 3.00. The van der Waals surface area contributed by atoms with Gasteiger partial charge in [0.15, 0.2) is 0 Å². The molecule has 1 saturated heterocycles. The molecule has 2 aliphatic rings. The van der Waals surface area contributed by atoms with Crippen LogP contribution in [0.3, 0.4) is 0 Å². The quantitative estimate of drug-likeness (QED) is 0.902. The van der Waals surface area contributed by atoms with Crippen molar-refractivity contribution in [3.05, 3.63) is 34.9 Å². The van der Waals surface area contributed by atoms with Gasteiger partial charge in [0.05, 0.1) is 12.7 Å². The second-order valence-electron chi connectivity index (χ2n) is 7.29. The van der Waals surface area contributed by atoms with Crippen LogP contribution in [0.1, 0.15) is 53.6 Å². The smallest absolute Gasteiger partial charge is 0.251 e. The molecular formula is C20H30N2O2. The minimum absolute atomic E-state index is 0.0240. The molecule has 0 aromatic heterocycles. The molecule has 132 valence electrons. The highest BCUT2D eigenvalue weighted by molar-refractivity contribution is 5.95. The Bertz CT molecular complexity index is 567. The highest BCUT2D eigenvalue weighted by Crippen LogP contribution is 2.25. The van der Waals surface area contributed by atoms with Gasteiger partial charge in [-0.25, -0.2) is 0 Å². The first kappa shape index (κ1) is 17.4. The van der Waals surface area contributed by atoms with Crippen molar-refractivity contribution in [1.82, 2.24) is 10.2 Å². The van der Waals surface area contributed by atoms with Crippen LogP contribution >= 0.6 is 0 Å². The maximum absolute atomic E-state index is 12.3. The molecule has 2 fully saturated rings. The normalized spacial score (nSPS) is 22.7. The Hall–Kier alpha value is -1.39. The number of benzene rings is 1. The first-order valence-corrected chi connectivity index (χ1v) is 9.34.